The summed E-state index contributed by atoms with van der Waals surface area (Å²) >= 11 is 0. The largest absolute Gasteiger partial charge is 0.393 e. The van der Waals surface area contributed by atoms with Crippen LogP contribution >= 0.6 is 0 Å². The smallest absolute Gasteiger partial charge is 0.355 e. The Morgan fingerprint density at radius 3 is 2.42 bits per heavy atom. The average Bonchev–Trinajstić information content (AvgIpc) is 2.47. The molecule has 5 heteroatoms. The number of hydrogen-bond acceptors (Lipinski definition) is 1. The van der Waals surface area contributed by atoms with E-state index in [0.717, 1.165) is 42.9 Å². The topological polar surface area (TPSA) is 15.6 Å². The Bertz CT molecular complexity index is 620. The number of likely N-dealkylation sites (tertiary alicyclic amines) is 1. The van der Waals surface area contributed by atoms with Crippen molar-refractivity contribution in [2.45, 2.75) is 46.2 Å². The van der Waals surface area contributed by atoms with E-state index in [0.29, 0.717) is 5.41 Å². The van der Waals surface area contributed by atoms with Gasteiger partial charge in [0.05, 0.1) is 6.42 Å². The minimum Gasteiger partial charge on any atom is -0.355 e. The molecular formula is C19H25F3N2. The van der Waals surface area contributed by atoms with Crippen molar-refractivity contribution in [2.24, 2.45) is 10.4 Å². The van der Waals surface area contributed by atoms with Crippen molar-refractivity contribution in [3.8, 4) is 0 Å². The molecule has 0 N–H and O–H groups in total. The molecule has 132 valence electrons. The third-order valence-corrected chi connectivity index (χ3v) is 5.01. The lowest BCUT2D eigenvalue weighted by atomic mass is 9.74. The molecule has 0 aromatic heterocycles. The number of halogens is 3. The highest BCUT2D eigenvalue weighted by molar-refractivity contribution is 6.01. The Labute approximate surface area is 142 Å². The van der Waals surface area contributed by atoms with Gasteiger partial charge in [-0.1, -0.05) is 32.6 Å². The lowest BCUT2D eigenvalue weighted by Crippen LogP contribution is -2.58. The number of aryl methyl sites for hydroxylation is 1. The SMILES string of the molecule is C=C/N=C(\c1cc(CC(F)(F)F)ccc1C)N1CC(CC)(CC)C1. The van der Waals surface area contributed by atoms with Gasteiger partial charge in [0.2, 0.25) is 0 Å². The number of nitrogens with zero attached hydrogens (tertiary/aromatic N) is 2. The van der Waals surface area contributed by atoms with E-state index in [-0.39, 0.29) is 5.56 Å². The van der Waals surface area contributed by atoms with Crippen LogP contribution in [0.15, 0.2) is 36.0 Å². The second-order valence-electron chi connectivity index (χ2n) is 6.64. The molecule has 1 aliphatic heterocycles. The standard InChI is InChI=1S/C19H25F3N2/c1-5-18(6-2)12-24(13-18)17(23-7-3)16-10-15(9-8-14(16)4)11-19(20,21)22/h7-10H,3,5-6,11-13H2,1-2,4H3/b23-17+. The fourth-order valence-electron chi connectivity index (χ4n) is 3.27. The monoisotopic (exact) mass is 338 g/mol. The summed E-state index contributed by atoms with van der Waals surface area (Å²) in [5.74, 6) is 0.726. The molecule has 2 nitrogen and oxygen atoms in total. The fraction of sp³-hybridized carbons (Fsp3) is 0.526. The van der Waals surface area contributed by atoms with E-state index in [1.54, 1.807) is 12.1 Å². The first-order valence-electron chi connectivity index (χ1n) is 8.34. The molecule has 1 aromatic rings. The van der Waals surface area contributed by atoms with Gasteiger partial charge in [-0.15, -0.1) is 0 Å². The van der Waals surface area contributed by atoms with Gasteiger partial charge in [0.25, 0.3) is 0 Å². The van der Waals surface area contributed by atoms with Crippen LogP contribution in [0.5, 0.6) is 0 Å². The van der Waals surface area contributed by atoms with E-state index in [1.807, 2.05) is 6.92 Å². The van der Waals surface area contributed by atoms with E-state index in [4.69, 9.17) is 0 Å². The van der Waals surface area contributed by atoms with E-state index >= 15 is 0 Å². The van der Waals surface area contributed by atoms with Crippen LogP contribution in [0.3, 0.4) is 0 Å². The predicted molar refractivity (Wildman–Crippen MR) is 92.3 cm³/mol. The minimum atomic E-state index is -4.21. The van der Waals surface area contributed by atoms with Gasteiger partial charge in [-0.3, -0.25) is 0 Å². The number of alkyl halides is 3. The zero-order valence-electron chi connectivity index (χ0n) is 14.6. The van der Waals surface area contributed by atoms with Crippen molar-refractivity contribution in [3.05, 3.63) is 47.7 Å². The highest BCUT2D eigenvalue weighted by Gasteiger charge is 2.41. The number of benzene rings is 1. The molecule has 1 saturated heterocycles. The van der Waals surface area contributed by atoms with Gasteiger partial charge in [-0.25, -0.2) is 4.99 Å². The fourth-order valence-corrected chi connectivity index (χ4v) is 3.27. The van der Waals surface area contributed by atoms with Gasteiger partial charge < -0.3 is 4.90 Å². The normalized spacial score (nSPS) is 17.6. The second kappa shape index (κ2) is 6.99. The quantitative estimate of drug-likeness (QED) is 0.538. The third kappa shape index (κ3) is 4.00. The molecule has 0 aliphatic carbocycles. The van der Waals surface area contributed by atoms with E-state index in [2.05, 4.69) is 30.3 Å². The molecule has 0 saturated carbocycles. The van der Waals surface area contributed by atoms with Gasteiger partial charge in [0, 0.05) is 30.3 Å². The van der Waals surface area contributed by atoms with Gasteiger partial charge >= 0.3 is 6.18 Å². The van der Waals surface area contributed by atoms with Crippen LogP contribution < -0.4 is 0 Å². The highest BCUT2D eigenvalue weighted by Crippen LogP contribution is 2.38. The van der Waals surface area contributed by atoms with Gasteiger partial charge in [0.1, 0.15) is 5.84 Å². The van der Waals surface area contributed by atoms with E-state index in [1.165, 1.54) is 12.3 Å². The Morgan fingerprint density at radius 2 is 1.92 bits per heavy atom. The first-order valence-corrected chi connectivity index (χ1v) is 8.34. The molecule has 1 fully saturated rings. The van der Waals surface area contributed by atoms with Crippen LogP contribution in [0.2, 0.25) is 0 Å². The molecule has 2 rings (SSSR count). The maximum Gasteiger partial charge on any atom is 0.393 e. The van der Waals surface area contributed by atoms with Crippen molar-refractivity contribution in [1.82, 2.24) is 4.90 Å². The summed E-state index contributed by atoms with van der Waals surface area (Å²) in [7, 11) is 0. The Morgan fingerprint density at radius 1 is 1.29 bits per heavy atom. The van der Waals surface area contributed by atoms with Crippen LogP contribution in [0.25, 0.3) is 0 Å². The minimum absolute atomic E-state index is 0.262. The molecule has 0 atom stereocenters. The Balaban J connectivity index is 2.31. The Hall–Kier alpha value is -1.78. The molecule has 0 unspecified atom stereocenters. The molecule has 1 aliphatic rings. The lowest BCUT2D eigenvalue weighted by molar-refractivity contribution is -0.127. The van der Waals surface area contributed by atoms with E-state index in [9.17, 15) is 13.2 Å². The van der Waals surface area contributed by atoms with Crippen molar-refractivity contribution >= 4 is 5.84 Å². The molecule has 0 radical (unpaired) electrons. The maximum atomic E-state index is 12.7. The number of rotatable bonds is 5. The summed E-state index contributed by atoms with van der Waals surface area (Å²) in [6.07, 6.45) is -1.49. The first-order chi connectivity index (χ1) is 11.2. The van der Waals surface area contributed by atoms with Crippen LogP contribution in [0, 0.1) is 12.3 Å². The molecule has 24 heavy (non-hydrogen) atoms. The van der Waals surface area contributed by atoms with Crippen molar-refractivity contribution in [1.29, 1.82) is 0 Å². The summed E-state index contributed by atoms with van der Waals surface area (Å²) in [6, 6.07) is 4.89. The highest BCUT2D eigenvalue weighted by atomic mass is 19.4. The summed E-state index contributed by atoms with van der Waals surface area (Å²) in [5.41, 5.74) is 2.24. The zero-order chi connectivity index (χ0) is 18.0. The molecule has 0 bridgehead atoms. The summed E-state index contributed by atoms with van der Waals surface area (Å²) in [5, 5.41) is 0. The predicted octanol–water partition coefficient (Wildman–Crippen LogP) is 5.11. The van der Waals surface area contributed by atoms with Crippen molar-refractivity contribution < 1.29 is 13.2 Å². The third-order valence-electron chi connectivity index (χ3n) is 5.01. The van der Waals surface area contributed by atoms with Crippen molar-refractivity contribution in [3.63, 3.8) is 0 Å². The number of aliphatic imine (C=N–C) groups is 1. The summed E-state index contributed by atoms with van der Waals surface area (Å²) in [4.78, 5) is 6.52. The molecule has 1 aromatic carbocycles. The number of hydrogen-bond donors (Lipinski definition) is 0. The van der Waals surface area contributed by atoms with Gasteiger partial charge in [-0.05, 0) is 37.0 Å². The Kier molecular flexibility index (Phi) is 5.41. The molecule has 1 heterocycles. The van der Waals surface area contributed by atoms with Crippen LogP contribution in [-0.2, 0) is 6.42 Å². The van der Waals surface area contributed by atoms with Crippen LogP contribution in [0.4, 0.5) is 13.2 Å². The second-order valence-corrected chi connectivity index (χ2v) is 6.64. The summed E-state index contributed by atoms with van der Waals surface area (Å²) in [6.45, 7) is 11.7. The lowest BCUT2D eigenvalue weighted by Gasteiger charge is -2.51. The van der Waals surface area contributed by atoms with Crippen molar-refractivity contribution in [2.75, 3.05) is 13.1 Å². The summed E-state index contributed by atoms with van der Waals surface area (Å²) < 4.78 is 38.1. The van der Waals surface area contributed by atoms with Gasteiger partial charge in [0.15, 0.2) is 0 Å². The first kappa shape index (κ1) is 18.6. The van der Waals surface area contributed by atoms with E-state index < -0.39 is 12.6 Å². The van der Waals surface area contributed by atoms with Gasteiger partial charge in [-0.2, -0.15) is 13.2 Å². The molecular weight excluding hydrogens is 313 g/mol. The maximum absolute atomic E-state index is 12.7. The van der Waals surface area contributed by atoms with Crippen LogP contribution in [-0.4, -0.2) is 30.0 Å². The molecule has 0 amide bonds. The zero-order valence-corrected chi connectivity index (χ0v) is 14.6. The average molecular weight is 338 g/mol. The van der Waals surface area contributed by atoms with Crippen LogP contribution in [0.1, 0.15) is 43.4 Å². The molecule has 0 spiro atoms. The number of amidine groups is 1.